The number of esters is 1. The molecule has 0 aliphatic heterocycles. The highest BCUT2D eigenvalue weighted by Gasteiger charge is 2.27. The second kappa shape index (κ2) is 8.71. The Morgan fingerprint density at radius 2 is 1.65 bits per heavy atom. The van der Waals surface area contributed by atoms with Crippen LogP contribution in [-0.4, -0.2) is 33.6 Å². The number of rotatable bonds is 8. The highest BCUT2D eigenvalue weighted by Crippen LogP contribution is 2.26. The summed E-state index contributed by atoms with van der Waals surface area (Å²) >= 11 is 0. The van der Waals surface area contributed by atoms with Gasteiger partial charge in [0.1, 0.15) is 12.3 Å². The smallest absolute Gasteiger partial charge is 0.326 e. The van der Waals surface area contributed by atoms with E-state index in [1.54, 1.807) is 49.4 Å². The fraction of sp³-hybridized carbons (Fsp3) is 0.316. The maximum absolute atomic E-state index is 13.0. The number of benzene rings is 2. The third-order valence-electron chi connectivity index (χ3n) is 3.41. The number of hydrogen-bond acceptors (Lipinski definition) is 5. The van der Waals surface area contributed by atoms with Gasteiger partial charge in [-0.15, -0.1) is 0 Å². The molecule has 0 aliphatic rings. The van der Waals surface area contributed by atoms with E-state index in [-0.39, 0.29) is 17.6 Å². The molecule has 0 aliphatic carbocycles. The van der Waals surface area contributed by atoms with Gasteiger partial charge in [0.05, 0.1) is 23.3 Å². The van der Waals surface area contributed by atoms with E-state index >= 15 is 0 Å². The highest BCUT2D eigenvalue weighted by molar-refractivity contribution is 7.92. The Bertz CT molecular complexity index is 817. The van der Waals surface area contributed by atoms with E-state index in [4.69, 9.17) is 9.47 Å². The number of ether oxygens (including phenoxy) is 2. The lowest BCUT2D eigenvalue weighted by Crippen LogP contribution is -2.36. The molecule has 2 rings (SSSR count). The topological polar surface area (TPSA) is 72.9 Å². The van der Waals surface area contributed by atoms with Crippen LogP contribution < -0.4 is 9.04 Å². The Kier molecular flexibility index (Phi) is 6.63. The summed E-state index contributed by atoms with van der Waals surface area (Å²) in [5.41, 5.74) is 0.359. The Hall–Kier alpha value is -2.54. The molecular formula is C19H23NO5S. The van der Waals surface area contributed by atoms with E-state index in [0.29, 0.717) is 11.4 Å². The van der Waals surface area contributed by atoms with Crippen molar-refractivity contribution in [3.63, 3.8) is 0 Å². The summed E-state index contributed by atoms with van der Waals surface area (Å²) in [4.78, 5) is 12.1. The lowest BCUT2D eigenvalue weighted by molar-refractivity contribution is -0.141. The lowest BCUT2D eigenvalue weighted by Gasteiger charge is -2.24. The molecule has 2 aromatic rings. The number of carbonyl (C=O) groups is 1. The molecule has 0 spiro atoms. The molecule has 0 bridgehead atoms. The fourth-order valence-corrected chi connectivity index (χ4v) is 3.75. The second-order valence-corrected chi connectivity index (χ2v) is 7.65. The summed E-state index contributed by atoms with van der Waals surface area (Å²) < 4.78 is 37.6. The first-order valence-corrected chi connectivity index (χ1v) is 9.78. The zero-order chi connectivity index (χ0) is 19.2. The van der Waals surface area contributed by atoms with Crippen molar-refractivity contribution in [3.8, 4) is 5.75 Å². The maximum atomic E-state index is 13.0. The van der Waals surface area contributed by atoms with Gasteiger partial charge in [0, 0.05) is 0 Å². The molecule has 26 heavy (non-hydrogen) atoms. The van der Waals surface area contributed by atoms with Crippen molar-refractivity contribution in [2.24, 2.45) is 0 Å². The predicted octanol–water partition coefficient (Wildman–Crippen LogP) is 3.23. The monoisotopic (exact) mass is 377 g/mol. The van der Waals surface area contributed by atoms with Gasteiger partial charge in [-0.2, -0.15) is 0 Å². The lowest BCUT2D eigenvalue weighted by atomic mass is 10.3. The normalized spacial score (nSPS) is 11.2. The molecule has 7 heteroatoms. The number of nitrogens with zero attached hydrogens (tertiary/aromatic N) is 1. The first-order chi connectivity index (χ1) is 12.3. The van der Waals surface area contributed by atoms with Gasteiger partial charge in [0.15, 0.2) is 0 Å². The van der Waals surface area contributed by atoms with E-state index in [2.05, 4.69) is 0 Å². The van der Waals surface area contributed by atoms with E-state index < -0.39 is 22.5 Å². The summed E-state index contributed by atoms with van der Waals surface area (Å²) in [5, 5.41) is 0. The van der Waals surface area contributed by atoms with Crippen LogP contribution in [0, 0.1) is 0 Å². The highest BCUT2D eigenvalue weighted by atomic mass is 32.2. The third kappa shape index (κ3) is 4.98. The van der Waals surface area contributed by atoms with Crippen LogP contribution in [0.15, 0.2) is 59.5 Å². The molecule has 0 fully saturated rings. The predicted molar refractivity (Wildman–Crippen MR) is 99.8 cm³/mol. The quantitative estimate of drug-likeness (QED) is 0.661. The van der Waals surface area contributed by atoms with Crippen LogP contribution in [0.2, 0.25) is 0 Å². The van der Waals surface area contributed by atoms with Gasteiger partial charge >= 0.3 is 5.97 Å². The standard InChI is InChI=1S/C19H23NO5S/c1-4-24-19(21)14-20(26(22,23)18-8-6-5-7-9-18)16-10-12-17(13-11-16)25-15(2)3/h5-13,15H,4,14H2,1-3H3. The number of carbonyl (C=O) groups excluding carboxylic acids is 1. The van der Waals surface area contributed by atoms with Gasteiger partial charge in [-0.1, -0.05) is 18.2 Å². The van der Waals surface area contributed by atoms with E-state index in [0.717, 1.165) is 4.31 Å². The van der Waals surface area contributed by atoms with Crippen molar-refractivity contribution >= 4 is 21.7 Å². The minimum absolute atomic E-state index is 0.00420. The van der Waals surface area contributed by atoms with Crippen LogP contribution in [0.5, 0.6) is 5.75 Å². The molecule has 0 atom stereocenters. The summed E-state index contributed by atoms with van der Waals surface area (Å²) in [6.07, 6.45) is 0.00420. The van der Waals surface area contributed by atoms with Crippen LogP contribution >= 0.6 is 0 Å². The van der Waals surface area contributed by atoms with Crippen molar-refractivity contribution < 1.29 is 22.7 Å². The Labute approximate surface area is 154 Å². The van der Waals surface area contributed by atoms with Gasteiger partial charge in [-0.3, -0.25) is 9.10 Å². The third-order valence-corrected chi connectivity index (χ3v) is 5.19. The first-order valence-electron chi connectivity index (χ1n) is 8.34. The molecule has 0 heterocycles. The van der Waals surface area contributed by atoms with Crippen molar-refractivity contribution in [3.05, 3.63) is 54.6 Å². The van der Waals surface area contributed by atoms with Crippen LogP contribution in [0.4, 0.5) is 5.69 Å². The first kappa shape index (κ1) is 19.8. The van der Waals surface area contributed by atoms with E-state index in [9.17, 15) is 13.2 Å². The summed E-state index contributed by atoms with van der Waals surface area (Å²) in [5.74, 6) is 0.00598. The molecule has 0 unspecified atom stereocenters. The van der Waals surface area contributed by atoms with Gasteiger partial charge in [-0.25, -0.2) is 8.42 Å². The largest absolute Gasteiger partial charge is 0.491 e. The minimum Gasteiger partial charge on any atom is -0.491 e. The van der Waals surface area contributed by atoms with Crippen molar-refractivity contribution in [2.75, 3.05) is 17.5 Å². The summed E-state index contributed by atoms with van der Waals surface area (Å²) in [6.45, 7) is 5.25. The molecule has 6 nitrogen and oxygen atoms in total. The van der Waals surface area contributed by atoms with Crippen molar-refractivity contribution in [1.29, 1.82) is 0 Å². The fourth-order valence-electron chi connectivity index (χ4n) is 2.32. The second-order valence-electron chi connectivity index (χ2n) is 5.79. The molecule has 0 saturated carbocycles. The molecule has 140 valence electrons. The van der Waals surface area contributed by atoms with Gasteiger partial charge in [-0.05, 0) is 57.2 Å². The molecule has 0 saturated heterocycles. The average molecular weight is 377 g/mol. The SMILES string of the molecule is CCOC(=O)CN(c1ccc(OC(C)C)cc1)S(=O)(=O)c1ccccc1. The van der Waals surface area contributed by atoms with Crippen molar-refractivity contribution in [1.82, 2.24) is 0 Å². The zero-order valence-electron chi connectivity index (χ0n) is 15.1. The van der Waals surface area contributed by atoms with Gasteiger partial charge < -0.3 is 9.47 Å². The van der Waals surface area contributed by atoms with Gasteiger partial charge in [0.25, 0.3) is 10.0 Å². The molecular weight excluding hydrogens is 354 g/mol. The number of sulfonamides is 1. The zero-order valence-corrected chi connectivity index (χ0v) is 15.9. The van der Waals surface area contributed by atoms with Crippen LogP contribution in [0.3, 0.4) is 0 Å². The van der Waals surface area contributed by atoms with Crippen LogP contribution in [0.25, 0.3) is 0 Å². The summed E-state index contributed by atoms with van der Waals surface area (Å²) in [6, 6.07) is 14.5. The molecule has 2 aromatic carbocycles. The Balaban J connectivity index is 2.39. The molecule has 0 N–H and O–H groups in total. The number of anilines is 1. The molecule has 0 aromatic heterocycles. The van der Waals surface area contributed by atoms with E-state index in [1.165, 1.54) is 12.1 Å². The maximum Gasteiger partial charge on any atom is 0.326 e. The van der Waals surface area contributed by atoms with Crippen LogP contribution in [0.1, 0.15) is 20.8 Å². The van der Waals surface area contributed by atoms with E-state index in [1.807, 2.05) is 13.8 Å². The van der Waals surface area contributed by atoms with Gasteiger partial charge in [0.2, 0.25) is 0 Å². The Morgan fingerprint density at radius 1 is 1.04 bits per heavy atom. The number of hydrogen-bond donors (Lipinski definition) is 0. The van der Waals surface area contributed by atoms with Crippen molar-refractivity contribution in [2.45, 2.75) is 31.8 Å². The molecule has 0 radical (unpaired) electrons. The summed E-state index contributed by atoms with van der Waals surface area (Å²) in [7, 11) is -3.91. The van der Waals surface area contributed by atoms with Crippen LogP contribution in [-0.2, 0) is 19.6 Å². The Morgan fingerprint density at radius 3 is 2.19 bits per heavy atom. The average Bonchev–Trinajstić information content (AvgIpc) is 2.61. The molecule has 0 amide bonds. The minimum atomic E-state index is -3.91.